The number of aromatic hydroxyl groups is 1. The standard InChI is InChI=1S/C20H27N3O3S/c1-14-18(26)16-7-4-3-6-15(16)17-19(14)27-20(22(17)2)21-8-5-9-23(10-12-24)11-13-25/h3-4,6-7,24-26H,5,8-13H2,1-2H3/p+1. The van der Waals surface area contributed by atoms with Crippen LogP contribution in [0.3, 0.4) is 0 Å². The number of thiazole rings is 1. The molecule has 0 atom stereocenters. The molecule has 0 amide bonds. The molecule has 0 spiro atoms. The van der Waals surface area contributed by atoms with Crippen LogP contribution >= 0.6 is 11.3 Å². The van der Waals surface area contributed by atoms with Crippen LogP contribution in [0, 0.1) is 6.92 Å². The number of aliphatic hydroxyl groups excluding tert-OH is 2. The predicted octanol–water partition coefficient (Wildman–Crippen LogP) is 1.98. The zero-order valence-corrected chi connectivity index (χ0v) is 16.7. The Hall–Kier alpha value is -1.93. The summed E-state index contributed by atoms with van der Waals surface area (Å²) >= 11 is 1.66. The van der Waals surface area contributed by atoms with E-state index >= 15 is 0 Å². The minimum Gasteiger partial charge on any atom is -0.507 e. The van der Waals surface area contributed by atoms with Crippen LogP contribution in [-0.2, 0) is 7.05 Å². The number of benzene rings is 2. The minimum absolute atomic E-state index is 0.106. The average Bonchev–Trinajstić information content (AvgIpc) is 3.00. The lowest BCUT2D eigenvalue weighted by molar-refractivity contribution is -0.625. The number of aliphatic hydroxyl groups is 2. The lowest BCUT2D eigenvalue weighted by Gasteiger charge is -2.19. The van der Waals surface area contributed by atoms with Gasteiger partial charge in [-0.05, 0) is 30.7 Å². The number of fused-ring (bicyclic) bond motifs is 3. The molecule has 4 N–H and O–H groups in total. The number of anilines is 1. The fourth-order valence-electron chi connectivity index (χ4n) is 3.50. The molecule has 1 heterocycles. The molecular formula is C20H28N3O3S+. The predicted molar refractivity (Wildman–Crippen MR) is 111 cm³/mol. The maximum absolute atomic E-state index is 10.6. The maximum Gasteiger partial charge on any atom is 0.334 e. The number of phenolic OH excluding ortho intramolecular Hbond substituents is 1. The molecule has 0 aliphatic carbocycles. The average molecular weight is 391 g/mol. The molecule has 3 rings (SSSR count). The van der Waals surface area contributed by atoms with E-state index in [0.717, 1.165) is 51.2 Å². The lowest BCUT2D eigenvalue weighted by atomic mass is 10.0. The molecule has 2 aromatic carbocycles. The van der Waals surface area contributed by atoms with E-state index in [0.29, 0.717) is 18.8 Å². The second-order valence-corrected chi connectivity index (χ2v) is 7.73. The number of aryl methyl sites for hydroxylation is 2. The largest absolute Gasteiger partial charge is 0.507 e. The highest BCUT2D eigenvalue weighted by molar-refractivity contribution is 7.22. The number of aromatic nitrogens is 1. The minimum atomic E-state index is 0.106. The van der Waals surface area contributed by atoms with Crippen LogP contribution in [0.1, 0.15) is 12.0 Å². The smallest absolute Gasteiger partial charge is 0.334 e. The van der Waals surface area contributed by atoms with Gasteiger partial charge in [0, 0.05) is 36.0 Å². The Morgan fingerprint density at radius 2 is 1.74 bits per heavy atom. The Labute approximate surface area is 163 Å². The van der Waals surface area contributed by atoms with E-state index in [9.17, 15) is 5.11 Å². The summed E-state index contributed by atoms with van der Waals surface area (Å²) in [6, 6.07) is 7.95. The molecule has 0 bridgehead atoms. The van der Waals surface area contributed by atoms with Crippen LogP contribution in [0.15, 0.2) is 24.3 Å². The highest BCUT2D eigenvalue weighted by Gasteiger charge is 2.21. The van der Waals surface area contributed by atoms with Gasteiger partial charge in [-0.25, -0.2) is 4.57 Å². The van der Waals surface area contributed by atoms with Crippen LogP contribution in [-0.4, -0.2) is 59.6 Å². The molecule has 6 nitrogen and oxygen atoms in total. The van der Waals surface area contributed by atoms with Gasteiger partial charge in [0.2, 0.25) is 0 Å². The van der Waals surface area contributed by atoms with Crippen molar-refractivity contribution in [1.82, 2.24) is 4.90 Å². The van der Waals surface area contributed by atoms with Crippen molar-refractivity contribution in [1.29, 1.82) is 0 Å². The van der Waals surface area contributed by atoms with Gasteiger partial charge in [-0.3, -0.25) is 10.2 Å². The summed E-state index contributed by atoms with van der Waals surface area (Å²) in [7, 11) is 2.05. The van der Waals surface area contributed by atoms with E-state index in [2.05, 4.69) is 20.9 Å². The van der Waals surface area contributed by atoms with Gasteiger partial charge in [-0.2, -0.15) is 0 Å². The number of nitrogens with one attached hydrogen (secondary N) is 1. The molecule has 7 heteroatoms. The number of nitrogens with zero attached hydrogens (tertiary/aromatic N) is 2. The molecule has 27 heavy (non-hydrogen) atoms. The first kappa shape index (κ1) is 19.8. The van der Waals surface area contributed by atoms with Gasteiger partial charge in [0.15, 0.2) is 5.52 Å². The molecular weight excluding hydrogens is 362 g/mol. The lowest BCUT2D eigenvalue weighted by Crippen LogP contribution is -2.33. The SMILES string of the molecule is Cc1c(O)c2ccccc2c2c1sc(NCCCN(CCO)CCO)[n+]2C. The molecule has 0 radical (unpaired) electrons. The molecule has 3 aromatic rings. The van der Waals surface area contributed by atoms with Gasteiger partial charge in [-0.1, -0.05) is 18.2 Å². The van der Waals surface area contributed by atoms with Gasteiger partial charge in [0.1, 0.15) is 5.75 Å². The van der Waals surface area contributed by atoms with E-state index in [4.69, 9.17) is 10.2 Å². The highest BCUT2D eigenvalue weighted by atomic mass is 32.1. The molecule has 1 aromatic heterocycles. The third-order valence-corrected chi connectivity index (χ3v) is 6.26. The fraction of sp³-hybridized carbons (Fsp3) is 0.450. The molecule has 0 unspecified atom stereocenters. The summed E-state index contributed by atoms with van der Waals surface area (Å²) in [4.78, 5) is 2.06. The van der Waals surface area contributed by atoms with Gasteiger partial charge in [-0.15, -0.1) is 0 Å². The first-order valence-corrected chi connectivity index (χ1v) is 10.1. The number of rotatable bonds is 9. The van der Waals surface area contributed by atoms with E-state index in [1.807, 2.05) is 32.2 Å². The number of hydrogen-bond donors (Lipinski definition) is 4. The number of hydrogen-bond acceptors (Lipinski definition) is 6. The highest BCUT2D eigenvalue weighted by Crippen LogP contribution is 2.39. The van der Waals surface area contributed by atoms with Crippen molar-refractivity contribution in [3.63, 3.8) is 0 Å². The summed E-state index contributed by atoms with van der Waals surface area (Å²) in [6.07, 6.45) is 0.916. The van der Waals surface area contributed by atoms with E-state index in [1.165, 1.54) is 0 Å². The van der Waals surface area contributed by atoms with Gasteiger partial charge >= 0.3 is 5.13 Å². The van der Waals surface area contributed by atoms with Crippen molar-refractivity contribution < 1.29 is 19.9 Å². The maximum atomic E-state index is 10.6. The summed E-state index contributed by atoms with van der Waals surface area (Å²) in [5, 5.41) is 35.2. The van der Waals surface area contributed by atoms with Crippen molar-refractivity contribution in [2.24, 2.45) is 7.05 Å². The Morgan fingerprint density at radius 1 is 1.07 bits per heavy atom. The second-order valence-electron chi connectivity index (χ2n) is 6.73. The van der Waals surface area contributed by atoms with E-state index < -0.39 is 0 Å². The Bertz CT molecular complexity index is 920. The molecule has 0 aliphatic rings. The van der Waals surface area contributed by atoms with Crippen molar-refractivity contribution in [2.45, 2.75) is 13.3 Å². The van der Waals surface area contributed by atoms with Gasteiger partial charge < -0.3 is 15.3 Å². The fourth-order valence-corrected chi connectivity index (χ4v) is 4.69. The number of phenols is 1. The topological polar surface area (TPSA) is 79.8 Å². The molecule has 0 saturated carbocycles. The van der Waals surface area contributed by atoms with Gasteiger partial charge in [0.05, 0.1) is 31.5 Å². The van der Waals surface area contributed by atoms with Crippen LogP contribution < -0.4 is 9.88 Å². The normalized spacial score (nSPS) is 11.7. The van der Waals surface area contributed by atoms with Crippen LogP contribution in [0.2, 0.25) is 0 Å². The second kappa shape index (κ2) is 8.84. The summed E-state index contributed by atoms with van der Waals surface area (Å²) < 4.78 is 3.26. The van der Waals surface area contributed by atoms with Crippen molar-refractivity contribution in [3.05, 3.63) is 29.8 Å². The van der Waals surface area contributed by atoms with Crippen LogP contribution in [0.5, 0.6) is 5.75 Å². The first-order valence-electron chi connectivity index (χ1n) is 9.29. The van der Waals surface area contributed by atoms with Gasteiger partial charge in [0.25, 0.3) is 0 Å². The van der Waals surface area contributed by atoms with E-state index in [1.54, 1.807) is 11.3 Å². The molecule has 0 aliphatic heterocycles. The Balaban J connectivity index is 1.79. The molecule has 0 saturated heterocycles. The van der Waals surface area contributed by atoms with E-state index in [-0.39, 0.29) is 13.2 Å². The van der Waals surface area contributed by atoms with Crippen molar-refractivity contribution in [2.75, 3.05) is 44.7 Å². The zero-order valence-electron chi connectivity index (χ0n) is 15.9. The third-order valence-electron chi connectivity index (χ3n) is 4.95. The summed E-state index contributed by atoms with van der Waals surface area (Å²) in [5.74, 6) is 0.357. The summed E-state index contributed by atoms with van der Waals surface area (Å²) in [6.45, 7) is 4.97. The third kappa shape index (κ3) is 4.01. The summed E-state index contributed by atoms with van der Waals surface area (Å²) in [5.41, 5.74) is 2.05. The van der Waals surface area contributed by atoms with Crippen molar-refractivity contribution >= 4 is 37.5 Å². The quantitative estimate of drug-likeness (QED) is 0.332. The Kier molecular flexibility index (Phi) is 6.49. The van der Waals surface area contributed by atoms with Crippen LogP contribution in [0.25, 0.3) is 21.0 Å². The molecule has 146 valence electrons. The Morgan fingerprint density at radius 3 is 2.41 bits per heavy atom. The van der Waals surface area contributed by atoms with Crippen molar-refractivity contribution in [3.8, 4) is 5.75 Å². The zero-order chi connectivity index (χ0) is 19.4. The monoisotopic (exact) mass is 390 g/mol. The molecule has 0 fully saturated rings. The van der Waals surface area contributed by atoms with Crippen LogP contribution in [0.4, 0.5) is 5.13 Å². The first-order chi connectivity index (χ1) is 13.1.